The molecule has 0 spiro atoms. The minimum absolute atomic E-state index is 0.145. The topological polar surface area (TPSA) is 61.2 Å². The minimum atomic E-state index is 0.145. The molecule has 1 atom stereocenters. The summed E-state index contributed by atoms with van der Waals surface area (Å²) in [5.41, 5.74) is 3.21. The molecule has 3 aromatic rings. The maximum absolute atomic E-state index is 5.42. The Morgan fingerprint density at radius 2 is 1.87 bits per heavy atom. The van der Waals surface area contributed by atoms with Gasteiger partial charge in [-0.25, -0.2) is 0 Å². The third-order valence-electron chi connectivity index (χ3n) is 3.84. The van der Waals surface area contributed by atoms with E-state index in [4.69, 9.17) is 9.47 Å². The second-order valence-electron chi connectivity index (χ2n) is 5.40. The van der Waals surface area contributed by atoms with E-state index in [2.05, 4.69) is 34.6 Å². The summed E-state index contributed by atoms with van der Waals surface area (Å²) in [6.07, 6.45) is 3.38. The molecule has 6 heteroatoms. The van der Waals surface area contributed by atoms with Gasteiger partial charge in [0.25, 0.3) is 0 Å². The van der Waals surface area contributed by atoms with Crippen molar-refractivity contribution in [1.82, 2.24) is 14.8 Å². The third-order valence-corrected chi connectivity index (χ3v) is 3.84. The van der Waals surface area contributed by atoms with Crippen molar-refractivity contribution in [3.05, 3.63) is 60.7 Å². The Morgan fingerprint density at radius 1 is 1.04 bits per heavy atom. The lowest BCUT2D eigenvalue weighted by Gasteiger charge is -2.17. The molecule has 0 amide bonds. The van der Waals surface area contributed by atoms with Crippen LogP contribution in [0.25, 0.3) is 5.69 Å². The number of nitrogens with zero attached hydrogens (tertiary/aromatic N) is 3. The van der Waals surface area contributed by atoms with Crippen molar-refractivity contribution in [2.75, 3.05) is 12.1 Å². The molecule has 1 N–H and O–H groups in total. The average Bonchev–Trinajstić information content (AvgIpc) is 3.26. The predicted molar refractivity (Wildman–Crippen MR) is 86.0 cm³/mol. The van der Waals surface area contributed by atoms with E-state index in [0.29, 0.717) is 0 Å². The van der Waals surface area contributed by atoms with Gasteiger partial charge in [0.1, 0.15) is 12.7 Å². The Bertz CT molecular complexity index is 817. The molecule has 23 heavy (non-hydrogen) atoms. The number of aromatic nitrogens is 3. The lowest BCUT2D eigenvalue weighted by atomic mass is 10.1. The molecule has 1 unspecified atom stereocenters. The number of fused-ring (bicyclic) bond motifs is 1. The summed E-state index contributed by atoms with van der Waals surface area (Å²) in [5.74, 6) is 1.57. The van der Waals surface area contributed by atoms with E-state index >= 15 is 0 Å². The lowest BCUT2D eigenvalue weighted by molar-refractivity contribution is 0.174. The highest BCUT2D eigenvalue weighted by atomic mass is 16.7. The van der Waals surface area contributed by atoms with Gasteiger partial charge in [0.15, 0.2) is 11.5 Å². The smallest absolute Gasteiger partial charge is 0.231 e. The first kappa shape index (κ1) is 13.6. The van der Waals surface area contributed by atoms with Gasteiger partial charge in [0, 0.05) is 23.5 Å². The fraction of sp³-hybridized carbons (Fsp3) is 0.176. The van der Waals surface area contributed by atoms with Crippen molar-refractivity contribution >= 4 is 5.69 Å². The molecule has 0 fully saturated rings. The van der Waals surface area contributed by atoms with Crippen LogP contribution in [0.1, 0.15) is 18.5 Å². The zero-order valence-corrected chi connectivity index (χ0v) is 12.6. The molecule has 1 aromatic heterocycles. The number of benzene rings is 2. The summed E-state index contributed by atoms with van der Waals surface area (Å²) < 4.78 is 12.6. The van der Waals surface area contributed by atoms with E-state index < -0.39 is 0 Å². The molecule has 2 heterocycles. The average molecular weight is 308 g/mol. The van der Waals surface area contributed by atoms with E-state index in [1.54, 1.807) is 12.7 Å². The summed E-state index contributed by atoms with van der Waals surface area (Å²) in [4.78, 5) is 0. The van der Waals surface area contributed by atoms with Gasteiger partial charge in [-0.05, 0) is 36.8 Å². The molecule has 116 valence electrons. The van der Waals surface area contributed by atoms with Crippen LogP contribution in [0.3, 0.4) is 0 Å². The standard InChI is InChI=1S/C17H16N4O2/c1-12(20-14-5-6-16-17(8-14)23-11-22-16)13-3-2-4-15(7-13)21-9-18-19-10-21/h2-10,12,20H,11H2,1H3. The van der Waals surface area contributed by atoms with Gasteiger partial charge < -0.3 is 14.8 Å². The summed E-state index contributed by atoms with van der Waals surface area (Å²) in [5, 5.41) is 11.2. The largest absolute Gasteiger partial charge is 0.454 e. The molecule has 0 radical (unpaired) electrons. The lowest BCUT2D eigenvalue weighted by Crippen LogP contribution is -2.07. The van der Waals surface area contributed by atoms with E-state index in [0.717, 1.165) is 22.9 Å². The van der Waals surface area contributed by atoms with Crippen LogP contribution in [0.5, 0.6) is 11.5 Å². The molecule has 0 aliphatic carbocycles. The first-order chi connectivity index (χ1) is 11.3. The quantitative estimate of drug-likeness (QED) is 0.802. The minimum Gasteiger partial charge on any atom is -0.454 e. The molecule has 2 aromatic carbocycles. The van der Waals surface area contributed by atoms with Gasteiger partial charge in [0.05, 0.1) is 0 Å². The highest BCUT2D eigenvalue weighted by Crippen LogP contribution is 2.35. The number of hydrogen-bond donors (Lipinski definition) is 1. The van der Waals surface area contributed by atoms with Crippen molar-refractivity contribution in [2.45, 2.75) is 13.0 Å². The molecule has 1 aliphatic rings. The normalized spacial score (nSPS) is 13.8. The predicted octanol–water partition coefficient (Wildman–Crippen LogP) is 3.17. The van der Waals surface area contributed by atoms with Crippen LogP contribution in [0.2, 0.25) is 0 Å². The third kappa shape index (κ3) is 2.70. The van der Waals surface area contributed by atoms with Gasteiger partial charge in [0.2, 0.25) is 6.79 Å². The molecule has 0 saturated heterocycles. The fourth-order valence-electron chi connectivity index (χ4n) is 2.61. The number of rotatable bonds is 4. The van der Waals surface area contributed by atoms with Crippen LogP contribution in [-0.4, -0.2) is 21.6 Å². The maximum atomic E-state index is 5.42. The molecule has 0 saturated carbocycles. The Labute approximate surface area is 133 Å². The van der Waals surface area contributed by atoms with E-state index in [9.17, 15) is 0 Å². The summed E-state index contributed by atoms with van der Waals surface area (Å²) in [7, 11) is 0. The Hall–Kier alpha value is -3.02. The van der Waals surface area contributed by atoms with E-state index in [1.165, 1.54) is 5.56 Å². The van der Waals surface area contributed by atoms with Crippen LogP contribution in [0, 0.1) is 0 Å². The zero-order chi connectivity index (χ0) is 15.6. The first-order valence-corrected chi connectivity index (χ1v) is 7.41. The van der Waals surface area contributed by atoms with E-state index in [1.807, 2.05) is 34.9 Å². The Balaban J connectivity index is 1.55. The molecular formula is C17H16N4O2. The number of anilines is 1. The van der Waals surface area contributed by atoms with Crippen molar-refractivity contribution in [2.24, 2.45) is 0 Å². The van der Waals surface area contributed by atoms with Gasteiger partial charge in [-0.2, -0.15) is 0 Å². The highest BCUT2D eigenvalue weighted by Gasteiger charge is 2.14. The van der Waals surface area contributed by atoms with Gasteiger partial charge >= 0.3 is 0 Å². The molecular weight excluding hydrogens is 292 g/mol. The second kappa shape index (κ2) is 5.64. The first-order valence-electron chi connectivity index (χ1n) is 7.41. The van der Waals surface area contributed by atoms with Gasteiger partial charge in [-0.3, -0.25) is 4.57 Å². The summed E-state index contributed by atoms with van der Waals surface area (Å²) >= 11 is 0. The zero-order valence-electron chi connectivity index (χ0n) is 12.6. The monoisotopic (exact) mass is 308 g/mol. The maximum Gasteiger partial charge on any atom is 0.231 e. The highest BCUT2D eigenvalue weighted by molar-refractivity contribution is 5.56. The van der Waals surface area contributed by atoms with Crippen molar-refractivity contribution < 1.29 is 9.47 Å². The Morgan fingerprint density at radius 3 is 2.74 bits per heavy atom. The SMILES string of the molecule is CC(Nc1ccc2c(c1)OCO2)c1cccc(-n2cnnc2)c1. The Kier molecular flexibility index (Phi) is 3.34. The summed E-state index contributed by atoms with van der Waals surface area (Å²) in [6, 6.07) is 14.3. The molecule has 4 rings (SSSR count). The molecule has 0 bridgehead atoms. The van der Waals surface area contributed by atoms with Crippen molar-refractivity contribution in [3.63, 3.8) is 0 Å². The van der Waals surface area contributed by atoms with Crippen LogP contribution >= 0.6 is 0 Å². The molecule has 6 nitrogen and oxygen atoms in total. The van der Waals surface area contributed by atoms with Crippen molar-refractivity contribution in [3.8, 4) is 17.2 Å². The van der Waals surface area contributed by atoms with Gasteiger partial charge in [-0.1, -0.05) is 12.1 Å². The number of hydrogen-bond acceptors (Lipinski definition) is 5. The van der Waals surface area contributed by atoms with Crippen molar-refractivity contribution in [1.29, 1.82) is 0 Å². The molecule has 1 aliphatic heterocycles. The van der Waals surface area contributed by atoms with Gasteiger partial charge in [-0.15, -0.1) is 10.2 Å². The summed E-state index contributed by atoms with van der Waals surface area (Å²) in [6.45, 7) is 2.41. The van der Waals surface area contributed by atoms with Crippen LogP contribution in [-0.2, 0) is 0 Å². The number of ether oxygens (including phenoxy) is 2. The second-order valence-corrected chi connectivity index (χ2v) is 5.40. The number of nitrogens with one attached hydrogen (secondary N) is 1. The van der Waals surface area contributed by atoms with Crippen LogP contribution < -0.4 is 14.8 Å². The van der Waals surface area contributed by atoms with Crippen LogP contribution in [0.15, 0.2) is 55.1 Å². The fourth-order valence-corrected chi connectivity index (χ4v) is 2.61. The van der Waals surface area contributed by atoms with E-state index in [-0.39, 0.29) is 12.8 Å². The van der Waals surface area contributed by atoms with Crippen LogP contribution in [0.4, 0.5) is 5.69 Å².